The van der Waals surface area contributed by atoms with Gasteiger partial charge >= 0.3 is 0 Å². The van der Waals surface area contributed by atoms with Gasteiger partial charge in [-0.25, -0.2) is 0 Å². The van der Waals surface area contributed by atoms with Crippen LogP contribution in [0.1, 0.15) is 6.92 Å². The average molecular weight is 164 g/mol. The van der Waals surface area contributed by atoms with Gasteiger partial charge < -0.3 is 14.2 Å². The van der Waals surface area contributed by atoms with Crippen molar-refractivity contribution in [2.24, 2.45) is 5.92 Å². The van der Waals surface area contributed by atoms with E-state index in [1.165, 1.54) is 0 Å². The Labute approximate surface area is 62.3 Å². The summed E-state index contributed by atoms with van der Waals surface area (Å²) >= 11 is 0. The first-order valence-corrected chi connectivity index (χ1v) is 4.87. The molecule has 1 rings (SSSR count). The number of hydrogen-bond donors (Lipinski definition) is 1. The van der Waals surface area contributed by atoms with E-state index in [9.17, 15) is 0 Å². The predicted octanol–water partition coefficient (Wildman–Crippen LogP) is 0.973. The van der Waals surface area contributed by atoms with E-state index in [2.05, 4.69) is 0 Å². The van der Waals surface area contributed by atoms with E-state index in [1.54, 1.807) is 0 Å². The van der Waals surface area contributed by atoms with Crippen LogP contribution in [0.3, 0.4) is 0 Å². The molecule has 0 radical (unpaired) electrons. The highest BCUT2D eigenvalue weighted by Crippen LogP contribution is 2.41. The van der Waals surface area contributed by atoms with Crippen molar-refractivity contribution in [2.45, 2.75) is 6.92 Å². The van der Waals surface area contributed by atoms with Crippen molar-refractivity contribution in [3.05, 3.63) is 0 Å². The lowest BCUT2D eigenvalue weighted by Gasteiger charge is -2.26. The molecule has 60 valence electrons. The van der Waals surface area contributed by atoms with E-state index in [1.807, 2.05) is 6.92 Å². The fourth-order valence-corrected chi connectivity index (χ4v) is 1.94. The molecule has 0 aromatic carbocycles. The molecule has 1 N–H and O–H groups in total. The van der Waals surface area contributed by atoms with Crippen molar-refractivity contribution >= 4 is 8.38 Å². The Kier molecular flexibility index (Phi) is 3.57. The predicted molar refractivity (Wildman–Crippen MR) is 39.9 cm³/mol. The molecule has 0 amide bonds. The van der Waals surface area contributed by atoms with Crippen LogP contribution >= 0.6 is 8.38 Å². The minimum absolute atomic E-state index is 0.173. The monoisotopic (exact) mass is 164 g/mol. The molecule has 0 bridgehead atoms. The number of hydrogen-bond acceptors (Lipinski definition) is 3. The van der Waals surface area contributed by atoms with Crippen LogP contribution in [0.4, 0.5) is 0 Å². The molecule has 0 aliphatic carbocycles. The minimum atomic E-state index is -0.613. The molecule has 1 heterocycles. The van der Waals surface area contributed by atoms with Crippen LogP contribution in [0, 0.1) is 5.92 Å². The zero-order valence-corrected chi connectivity index (χ0v) is 7.01. The van der Waals surface area contributed by atoms with Crippen LogP contribution in [-0.2, 0) is 9.05 Å². The molecule has 1 saturated heterocycles. The smallest absolute Gasteiger partial charge is 0.170 e. The Morgan fingerprint density at radius 3 is 2.50 bits per heavy atom. The Morgan fingerprint density at radius 2 is 2.10 bits per heavy atom. The third kappa shape index (κ3) is 2.17. The van der Waals surface area contributed by atoms with Gasteiger partial charge in [0.1, 0.15) is 0 Å². The highest BCUT2D eigenvalue weighted by molar-refractivity contribution is 7.47. The zero-order valence-electron chi connectivity index (χ0n) is 6.12. The topological polar surface area (TPSA) is 38.7 Å². The first-order valence-electron chi connectivity index (χ1n) is 3.51. The number of aliphatic hydroxyl groups excluding tert-OH is 1. The molecule has 1 aliphatic heterocycles. The van der Waals surface area contributed by atoms with Crippen LogP contribution in [0.5, 0.6) is 0 Å². The van der Waals surface area contributed by atoms with Gasteiger partial charge in [-0.1, -0.05) is 6.92 Å². The lowest BCUT2D eigenvalue weighted by Crippen LogP contribution is -2.23. The third-order valence-corrected chi connectivity index (χ3v) is 2.82. The second-order valence-electron chi connectivity index (χ2n) is 2.29. The van der Waals surface area contributed by atoms with Crippen LogP contribution in [0.2, 0.25) is 0 Å². The molecule has 3 nitrogen and oxygen atoms in total. The largest absolute Gasteiger partial charge is 0.396 e. The van der Waals surface area contributed by atoms with E-state index in [0.29, 0.717) is 13.2 Å². The maximum Gasteiger partial charge on any atom is 0.170 e. The van der Waals surface area contributed by atoms with E-state index in [4.69, 9.17) is 14.2 Å². The molecular weight excluding hydrogens is 151 g/mol. The highest BCUT2D eigenvalue weighted by atomic mass is 31.2. The van der Waals surface area contributed by atoms with Crippen LogP contribution in [-0.4, -0.2) is 31.1 Å². The Balaban J connectivity index is 2.17. The minimum Gasteiger partial charge on any atom is -0.396 e. The summed E-state index contributed by atoms with van der Waals surface area (Å²) in [6.45, 7) is 3.55. The van der Waals surface area contributed by atoms with E-state index in [-0.39, 0.29) is 12.5 Å². The maximum atomic E-state index is 8.70. The van der Waals surface area contributed by atoms with Gasteiger partial charge in [0.05, 0.1) is 19.8 Å². The highest BCUT2D eigenvalue weighted by Gasteiger charge is 2.20. The van der Waals surface area contributed by atoms with Gasteiger partial charge in [0.25, 0.3) is 0 Å². The first-order chi connectivity index (χ1) is 4.86. The quantitative estimate of drug-likeness (QED) is 0.618. The Bertz CT molecular complexity index is 79.0. The van der Waals surface area contributed by atoms with Crippen molar-refractivity contribution in [3.8, 4) is 0 Å². The SMILES string of the molecule is CCP1OCC(CO)CO1. The average Bonchev–Trinajstić information content (AvgIpc) is 2.05. The molecule has 10 heavy (non-hydrogen) atoms. The fraction of sp³-hybridized carbons (Fsp3) is 1.00. The molecule has 0 atom stereocenters. The molecule has 1 aliphatic rings. The summed E-state index contributed by atoms with van der Waals surface area (Å²) < 4.78 is 10.6. The van der Waals surface area contributed by atoms with Gasteiger partial charge in [-0.05, 0) is 0 Å². The van der Waals surface area contributed by atoms with E-state index >= 15 is 0 Å². The molecule has 0 saturated carbocycles. The molecule has 0 aromatic heterocycles. The molecule has 1 fully saturated rings. The fourth-order valence-electron chi connectivity index (χ4n) is 0.750. The van der Waals surface area contributed by atoms with Gasteiger partial charge in [-0.2, -0.15) is 0 Å². The maximum absolute atomic E-state index is 8.70. The third-order valence-electron chi connectivity index (χ3n) is 1.42. The number of rotatable bonds is 2. The summed E-state index contributed by atoms with van der Waals surface area (Å²) in [4.78, 5) is 0. The normalized spacial score (nSPS) is 34.2. The molecular formula is C6H13O3P. The van der Waals surface area contributed by atoms with Gasteiger partial charge in [-0.15, -0.1) is 0 Å². The van der Waals surface area contributed by atoms with Crippen molar-refractivity contribution in [1.82, 2.24) is 0 Å². The van der Waals surface area contributed by atoms with Crippen molar-refractivity contribution < 1.29 is 14.2 Å². The van der Waals surface area contributed by atoms with Crippen LogP contribution < -0.4 is 0 Å². The molecule has 0 spiro atoms. The van der Waals surface area contributed by atoms with Crippen molar-refractivity contribution in [3.63, 3.8) is 0 Å². The van der Waals surface area contributed by atoms with E-state index in [0.717, 1.165) is 6.16 Å². The number of aliphatic hydroxyl groups is 1. The molecule has 0 aromatic rings. The second kappa shape index (κ2) is 4.24. The summed E-state index contributed by atoms with van der Waals surface area (Å²) in [6.07, 6.45) is 0.952. The van der Waals surface area contributed by atoms with Crippen LogP contribution in [0.25, 0.3) is 0 Å². The summed E-state index contributed by atoms with van der Waals surface area (Å²) in [5.41, 5.74) is 0. The van der Waals surface area contributed by atoms with Gasteiger partial charge in [-0.3, -0.25) is 0 Å². The van der Waals surface area contributed by atoms with E-state index < -0.39 is 8.38 Å². The summed E-state index contributed by atoms with van der Waals surface area (Å²) in [7, 11) is -0.613. The Morgan fingerprint density at radius 1 is 1.50 bits per heavy atom. The lowest BCUT2D eigenvalue weighted by atomic mass is 10.2. The zero-order chi connectivity index (χ0) is 7.40. The summed E-state index contributed by atoms with van der Waals surface area (Å²) in [6, 6.07) is 0. The Hall–Kier alpha value is 0.310. The first kappa shape index (κ1) is 8.41. The molecule has 0 unspecified atom stereocenters. The van der Waals surface area contributed by atoms with Crippen molar-refractivity contribution in [2.75, 3.05) is 26.0 Å². The van der Waals surface area contributed by atoms with Gasteiger partial charge in [0.2, 0.25) is 0 Å². The standard InChI is InChI=1S/C6H13O3P/c1-2-10-8-4-6(3-7)5-9-10/h6-7H,2-5H2,1H3. The summed E-state index contributed by atoms with van der Waals surface area (Å²) in [5.74, 6) is 0.199. The van der Waals surface area contributed by atoms with Gasteiger partial charge in [0, 0.05) is 12.1 Å². The van der Waals surface area contributed by atoms with Crippen LogP contribution in [0.15, 0.2) is 0 Å². The second-order valence-corrected chi connectivity index (χ2v) is 4.10. The molecule has 4 heteroatoms. The van der Waals surface area contributed by atoms with Crippen molar-refractivity contribution in [1.29, 1.82) is 0 Å². The van der Waals surface area contributed by atoms with Gasteiger partial charge in [0.15, 0.2) is 8.38 Å². The lowest BCUT2D eigenvalue weighted by molar-refractivity contribution is 0.0771. The summed E-state index contributed by atoms with van der Waals surface area (Å²) in [5, 5.41) is 8.70.